The van der Waals surface area contributed by atoms with Gasteiger partial charge in [-0.1, -0.05) is 42.5 Å². The molecule has 4 rings (SSSR count). The van der Waals surface area contributed by atoms with Gasteiger partial charge in [-0.3, -0.25) is 4.57 Å². The van der Waals surface area contributed by atoms with Gasteiger partial charge < -0.3 is 0 Å². The van der Waals surface area contributed by atoms with Gasteiger partial charge in [0.05, 0.1) is 11.0 Å². The molecule has 0 saturated carbocycles. The summed E-state index contributed by atoms with van der Waals surface area (Å²) < 4.78 is 57.8. The number of rotatable bonds is 3. The highest BCUT2D eigenvalue weighted by Gasteiger charge is 2.63. The van der Waals surface area contributed by atoms with Gasteiger partial charge in [0, 0.05) is 12.3 Å². The largest absolute Gasteiger partial charge is 0.393 e. The highest BCUT2D eigenvalue weighted by molar-refractivity contribution is 5.76. The molecule has 1 unspecified atom stereocenters. The van der Waals surface area contributed by atoms with E-state index < -0.39 is 24.3 Å². The molecule has 1 aliphatic rings. The number of benzene rings is 2. The lowest BCUT2D eigenvalue weighted by molar-refractivity contribution is -0.273. The number of aryl methyl sites for hydroxylation is 1. The van der Waals surface area contributed by atoms with Crippen LogP contribution in [0.4, 0.5) is 17.6 Å². The summed E-state index contributed by atoms with van der Waals surface area (Å²) in [6.45, 7) is 0. The van der Waals surface area contributed by atoms with Crippen molar-refractivity contribution in [3.8, 4) is 0 Å². The minimum atomic E-state index is -4.28. The van der Waals surface area contributed by atoms with Crippen LogP contribution in [0.5, 0.6) is 0 Å². The normalized spacial score (nSPS) is 21.2. The molecule has 130 valence electrons. The van der Waals surface area contributed by atoms with Crippen molar-refractivity contribution in [2.24, 2.45) is 0 Å². The van der Waals surface area contributed by atoms with Gasteiger partial charge in [-0.15, -0.1) is 0 Å². The Kier molecular flexibility index (Phi) is 3.60. The highest BCUT2D eigenvalue weighted by atomic mass is 19.3. The van der Waals surface area contributed by atoms with Crippen molar-refractivity contribution in [2.75, 3.05) is 0 Å². The van der Waals surface area contributed by atoms with Gasteiger partial charge in [0.1, 0.15) is 5.82 Å². The van der Waals surface area contributed by atoms with E-state index >= 15 is 0 Å². The molecule has 2 heterocycles. The van der Waals surface area contributed by atoms with E-state index in [1.54, 1.807) is 18.2 Å². The molecule has 0 bridgehead atoms. The van der Waals surface area contributed by atoms with Crippen LogP contribution in [0.15, 0.2) is 54.6 Å². The van der Waals surface area contributed by atoms with Crippen molar-refractivity contribution >= 4 is 11.0 Å². The van der Waals surface area contributed by atoms with Gasteiger partial charge >= 0.3 is 12.0 Å². The molecular formula is C19H16F4N2. The molecular weight excluding hydrogens is 332 g/mol. The maximum atomic E-state index is 14.4. The van der Waals surface area contributed by atoms with Gasteiger partial charge in [-0.2, -0.15) is 17.6 Å². The lowest BCUT2D eigenvalue weighted by atomic mass is 9.89. The minimum absolute atomic E-state index is 0.0478. The summed E-state index contributed by atoms with van der Waals surface area (Å²) in [5.41, 5.74) is 1.36. The number of imidazole rings is 1. The SMILES string of the molecule is FC1(F)CC(CCc2ccccc2)c2nc3ccccc3n2C1(F)F. The maximum Gasteiger partial charge on any atom is 0.393 e. The topological polar surface area (TPSA) is 17.8 Å². The number of hydrogen-bond acceptors (Lipinski definition) is 1. The third-order valence-corrected chi connectivity index (χ3v) is 4.80. The molecule has 0 spiro atoms. The van der Waals surface area contributed by atoms with E-state index in [4.69, 9.17) is 0 Å². The van der Waals surface area contributed by atoms with Crippen LogP contribution in [-0.2, 0) is 12.5 Å². The summed E-state index contributed by atoms with van der Waals surface area (Å²) in [6.07, 6.45) is -0.00841. The molecule has 6 heteroatoms. The molecule has 0 N–H and O–H groups in total. The van der Waals surface area contributed by atoms with E-state index in [9.17, 15) is 17.6 Å². The molecule has 1 aliphatic heterocycles. The number of fused-ring (bicyclic) bond motifs is 3. The third kappa shape index (κ3) is 2.51. The number of halogens is 4. The average Bonchev–Trinajstić information content (AvgIpc) is 2.99. The number of nitrogens with zero attached hydrogens (tertiary/aromatic N) is 2. The van der Waals surface area contributed by atoms with Gasteiger partial charge in [0.2, 0.25) is 0 Å². The maximum absolute atomic E-state index is 14.4. The summed E-state index contributed by atoms with van der Waals surface area (Å²) in [5, 5.41) is 0. The molecule has 1 atom stereocenters. The molecule has 25 heavy (non-hydrogen) atoms. The van der Waals surface area contributed by atoms with Crippen LogP contribution >= 0.6 is 0 Å². The molecule has 1 aromatic heterocycles. The van der Waals surface area contributed by atoms with Crippen LogP contribution in [0.2, 0.25) is 0 Å². The number of hydrogen-bond donors (Lipinski definition) is 0. The first-order valence-electron chi connectivity index (χ1n) is 8.17. The molecule has 0 radical (unpaired) electrons. The lowest BCUT2D eigenvalue weighted by Crippen LogP contribution is -2.48. The summed E-state index contributed by atoms with van der Waals surface area (Å²) >= 11 is 0. The second kappa shape index (κ2) is 5.58. The molecule has 0 saturated heterocycles. The average molecular weight is 348 g/mol. The van der Waals surface area contributed by atoms with E-state index in [2.05, 4.69) is 4.98 Å². The number of alkyl halides is 4. The minimum Gasteiger partial charge on any atom is -0.262 e. The predicted molar refractivity (Wildman–Crippen MR) is 87.0 cm³/mol. The molecule has 0 aliphatic carbocycles. The molecule has 2 nitrogen and oxygen atoms in total. The second-order valence-corrected chi connectivity index (χ2v) is 6.47. The Balaban J connectivity index is 1.77. The van der Waals surface area contributed by atoms with Crippen LogP contribution in [0.3, 0.4) is 0 Å². The first-order valence-corrected chi connectivity index (χ1v) is 8.17. The highest BCUT2D eigenvalue weighted by Crippen LogP contribution is 2.52. The van der Waals surface area contributed by atoms with Gasteiger partial charge in [-0.05, 0) is 30.5 Å². The van der Waals surface area contributed by atoms with E-state index in [0.29, 0.717) is 22.9 Å². The summed E-state index contributed by atoms with van der Waals surface area (Å²) in [5.74, 6) is -4.78. The van der Waals surface area contributed by atoms with Crippen molar-refractivity contribution in [1.82, 2.24) is 9.55 Å². The summed E-state index contributed by atoms with van der Waals surface area (Å²) in [7, 11) is 0. The van der Waals surface area contributed by atoms with Crippen LogP contribution in [0.1, 0.15) is 30.1 Å². The lowest BCUT2D eigenvalue weighted by Gasteiger charge is -2.37. The zero-order valence-electron chi connectivity index (χ0n) is 13.3. The van der Waals surface area contributed by atoms with Crippen molar-refractivity contribution in [2.45, 2.75) is 37.1 Å². The fraction of sp³-hybridized carbons (Fsp3) is 0.316. The summed E-state index contributed by atoms with van der Waals surface area (Å²) in [4.78, 5) is 4.26. The fourth-order valence-corrected chi connectivity index (χ4v) is 3.52. The van der Waals surface area contributed by atoms with Gasteiger partial charge in [-0.25, -0.2) is 4.98 Å². The monoisotopic (exact) mass is 348 g/mol. The molecule has 2 aromatic carbocycles. The third-order valence-electron chi connectivity index (χ3n) is 4.80. The fourth-order valence-electron chi connectivity index (χ4n) is 3.52. The summed E-state index contributed by atoms with van der Waals surface area (Å²) in [6, 6.07) is 11.3. The number of para-hydroxylation sites is 2. The molecule has 3 aromatic rings. The molecule has 0 fully saturated rings. The van der Waals surface area contributed by atoms with Gasteiger partial charge in [0.25, 0.3) is 0 Å². The Hall–Kier alpha value is -2.37. The zero-order chi connectivity index (χ0) is 17.7. The Morgan fingerprint density at radius 2 is 1.64 bits per heavy atom. The quantitative estimate of drug-likeness (QED) is 0.584. The first-order chi connectivity index (χ1) is 11.9. The van der Waals surface area contributed by atoms with E-state index in [1.807, 2.05) is 30.3 Å². The van der Waals surface area contributed by atoms with Crippen LogP contribution in [0.25, 0.3) is 11.0 Å². The Morgan fingerprint density at radius 3 is 2.40 bits per heavy atom. The Morgan fingerprint density at radius 1 is 0.960 bits per heavy atom. The van der Waals surface area contributed by atoms with Crippen molar-refractivity contribution in [1.29, 1.82) is 0 Å². The van der Waals surface area contributed by atoms with E-state index in [1.165, 1.54) is 6.07 Å². The van der Waals surface area contributed by atoms with Gasteiger partial charge in [0.15, 0.2) is 0 Å². The molecule has 0 amide bonds. The number of aromatic nitrogens is 2. The first kappa shape index (κ1) is 16.1. The van der Waals surface area contributed by atoms with Crippen molar-refractivity contribution in [3.63, 3.8) is 0 Å². The van der Waals surface area contributed by atoms with Crippen LogP contribution in [0, 0.1) is 0 Å². The Bertz CT molecular complexity index is 902. The van der Waals surface area contributed by atoms with Crippen LogP contribution < -0.4 is 0 Å². The smallest absolute Gasteiger partial charge is 0.262 e. The Labute approximate surface area is 142 Å². The van der Waals surface area contributed by atoms with E-state index in [0.717, 1.165) is 5.56 Å². The van der Waals surface area contributed by atoms with Crippen LogP contribution in [-0.4, -0.2) is 15.5 Å². The van der Waals surface area contributed by atoms with Crippen molar-refractivity contribution < 1.29 is 17.6 Å². The van der Waals surface area contributed by atoms with E-state index in [-0.39, 0.29) is 11.3 Å². The second-order valence-electron chi connectivity index (χ2n) is 6.47. The predicted octanol–water partition coefficient (Wildman–Crippen LogP) is 5.34. The zero-order valence-corrected chi connectivity index (χ0v) is 13.3. The standard InChI is InChI=1S/C19H16F4N2/c20-18(21)12-14(11-10-13-6-2-1-3-7-13)17-24-15-8-4-5-9-16(15)25(17)19(18,22)23/h1-9,14H,10-12H2. The van der Waals surface area contributed by atoms with Crippen molar-refractivity contribution in [3.05, 3.63) is 66.0 Å².